The molecule has 0 aliphatic carbocycles. The number of fused-ring (bicyclic) bond motifs is 2. The summed E-state index contributed by atoms with van der Waals surface area (Å²) in [6, 6.07) is 6.35. The molecule has 0 spiro atoms. The number of amides is 1. The van der Waals surface area contributed by atoms with Crippen molar-refractivity contribution in [3.63, 3.8) is 0 Å². The van der Waals surface area contributed by atoms with Crippen molar-refractivity contribution in [1.29, 1.82) is 0 Å². The average Bonchev–Trinajstić information content (AvgIpc) is 2.89. The van der Waals surface area contributed by atoms with Gasteiger partial charge in [-0.1, -0.05) is 18.6 Å². The minimum absolute atomic E-state index is 0.0593. The van der Waals surface area contributed by atoms with Gasteiger partial charge in [0.2, 0.25) is 0 Å². The van der Waals surface area contributed by atoms with E-state index in [9.17, 15) is 4.79 Å². The fraction of sp³-hybridized carbons (Fsp3) is 0.400. The van der Waals surface area contributed by atoms with Crippen molar-refractivity contribution in [2.24, 2.45) is 5.92 Å². The van der Waals surface area contributed by atoms with Gasteiger partial charge in [-0.05, 0) is 50.3 Å². The highest BCUT2D eigenvalue weighted by atomic mass is 32.1. The number of pyridine rings is 1. The molecule has 1 fully saturated rings. The molecule has 25 heavy (non-hydrogen) atoms. The number of anilines is 1. The monoisotopic (exact) mass is 353 g/mol. The van der Waals surface area contributed by atoms with Crippen molar-refractivity contribution in [3.05, 3.63) is 34.2 Å². The van der Waals surface area contributed by atoms with E-state index in [-0.39, 0.29) is 5.91 Å². The maximum atomic E-state index is 13.0. The first kappa shape index (κ1) is 16.3. The van der Waals surface area contributed by atoms with Gasteiger partial charge >= 0.3 is 0 Å². The van der Waals surface area contributed by atoms with Crippen LogP contribution in [0.2, 0.25) is 0 Å². The van der Waals surface area contributed by atoms with Crippen LogP contribution in [-0.4, -0.2) is 28.9 Å². The van der Waals surface area contributed by atoms with Crippen LogP contribution >= 0.6 is 11.3 Å². The van der Waals surface area contributed by atoms with Crippen LogP contribution in [0.5, 0.6) is 0 Å². The van der Waals surface area contributed by atoms with Crippen LogP contribution in [-0.2, 0) is 0 Å². The van der Waals surface area contributed by atoms with Gasteiger partial charge in [-0.3, -0.25) is 4.79 Å². The third-order valence-electron chi connectivity index (χ3n) is 5.09. The number of thiophene rings is 1. The summed E-state index contributed by atoms with van der Waals surface area (Å²) in [5.74, 6) is 0.614. The number of hydrogen-bond acceptors (Lipinski definition) is 4. The van der Waals surface area contributed by atoms with E-state index >= 15 is 0 Å². The second-order valence-electron chi connectivity index (χ2n) is 7.34. The Morgan fingerprint density at radius 1 is 1.32 bits per heavy atom. The van der Waals surface area contributed by atoms with Gasteiger partial charge in [0.1, 0.15) is 9.71 Å². The van der Waals surface area contributed by atoms with Crippen LogP contribution in [0, 0.1) is 19.8 Å². The lowest BCUT2D eigenvalue weighted by Crippen LogP contribution is -2.38. The molecule has 5 heteroatoms. The van der Waals surface area contributed by atoms with Gasteiger partial charge in [0.05, 0.1) is 11.2 Å². The van der Waals surface area contributed by atoms with E-state index in [0.717, 1.165) is 46.2 Å². The van der Waals surface area contributed by atoms with Crippen molar-refractivity contribution in [2.45, 2.75) is 33.6 Å². The molecule has 1 atom stereocenters. The molecule has 1 aliphatic rings. The van der Waals surface area contributed by atoms with E-state index in [1.54, 1.807) is 0 Å². The van der Waals surface area contributed by atoms with Crippen molar-refractivity contribution >= 4 is 44.1 Å². The van der Waals surface area contributed by atoms with Crippen molar-refractivity contribution < 1.29 is 4.79 Å². The summed E-state index contributed by atoms with van der Waals surface area (Å²) in [5, 5.41) is 1.98. The molecule has 2 aromatic heterocycles. The predicted octanol–water partition coefficient (Wildman–Crippen LogP) is 4.52. The molecule has 0 radical (unpaired) electrons. The highest BCUT2D eigenvalue weighted by molar-refractivity contribution is 7.21. The van der Waals surface area contributed by atoms with Crippen molar-refractivity contribution in [1.82, 2.24) is 9.88 Å². The number of carbonyl (C=O) groups excluding carboxylic acids is 1. The maximum Gasteiger partial charge on any atom is 0.266 e. The van der Waals surface area contributed by atoms with E-state index in [4.69, 9.17) is 10.7 Å². The zero-order valence-corrected chi connectivity index (χ0v) is 15.7. The quantitative estimate of drug-likeness (QED) is 0.700. The largest absolute Gasteiger partial charge is 0.397 e. The Hall–Kier alpha value is -2.14. The average molecular weight is 353 g/mol. The number of likely N-dealkylation sites (tertiary alicyclic amines) is 1. The Morgan fingerprint density at radius 3 is 2.88 bits per heavy atom. The number of piperidine rings is 1. The van der Waals surface area contributed by atoms with Crippen LogP contribution < -0.4 is 5.73 Å². The first-order valence-corrected chi connectivity index (χ1v) is 9.65. The number of aryl methyl sites for hydroxylation is 2. The molecular formula is C20H23N3OS. The van der Waals surface area contributed by atoms with Crippen LogP contribution in [0.15, 0.2) is 18.2 Å². The van der Waals surface area contributed by atoms with Gasteiger partial charge in [0.25, 0.3) is 5.91 Å². The molecular weight excluding hydrogens is 330 g/mol. The van der Waals surface area contributed by atoms with Gasteiger partial charge in [0, 0.05) is 23.9 Å². The van der Waals surface area contributed by atoms with Gasteiger partial charge in [-0.15, -0.1) is 11.3 Å². The Bertz CT molecular complexity index is 992. The van der Waals surface area contributed by atoms with Gasteiger partial charge < -0.3 is 10.6 Å². The SMILES string of the molecule is Cc1cc(C)c2nc3sc(C(=O)N4CCC[C@@H](C)C4)c(N)c3cc2c1. The van der Waals surface area contributed by atoms with E-state index in [2.05, 4.69) is 39.0 Å². The Balaban J connectivity index is 1.83. The van der Waals surface area contributed by atoms with Gasteiger partial charge in [-0.2, -0.15) is 0 Å². The standard InChI is InChI=1S/C20H23N3OS/c1-11-5-4-6-23(10-11)20(24)18-16(21)15-9-14-8-12(2)7-13(3)17(14)22-19(15)25-18/h7-9,11H,4-6,10,21H2,1-3H3/t11-/m1/s1. The van der Waals surface area contributed by atoms with Crippen LogP contribution in [0.4, 0.5) is 5.69 Å². The van der Waals surface area contributed by atoms with Crippen molar-refractivity contribution in [3.8, 4) is 0 Å². The Kier molecular flexibility index (Phi) is 3.91. The minimum Gasteiger partial charge on any atom is -0.397 e. The lowest BCUT2D eigenvalue weighted by Gasteiger charge is -2.30. The molecule has 1 amide bonds. The van der Waals surface area contributed by atoms with Crippen LogP contribution in [0.1, 0.15) is 40.6 Å². The summed E-state index contributed by atoms with van der Waals surface area (Å²) >= 11 is 1.43. The minimum atomic E-state index is 0.0593. The number of hydrogen-bond donors (Lipinski definition) is 1. The Morgan fingerprint density at radius 2 is 2.12 bits per heavy atom. The number of carbonyl (C=O) groups is 1. The van der Waals surface area contributed by atoms with E-state index in [0.29, 0.717) is 16.5 Å². The number of rotatable bonds is 1. The second-order valence-corrected chi connectivity index (χ2v) is 8.34. The summed E-state index contributed by atoms with van der Waals surface area (Å²) in [5.41, 5.74) is 10.3. The first-order chi connectivity index (χ1) is 11.9. The van der Waals surface area contributed by atoms with Gasteiger partial charge in [-0.25, -0.2) is 4.98 Å². The normalized spacial score (nSPS) is 18.2. The fourth-order valence-corrected chi connectivity index (χ4v) is 4.90. The third-order valence-corrected chi connectivity index (χ3v) is 6.19. The topological polar surface area (TPSA) is 59.2 Å². The molecule has 0 saturated carbocycles. The molecule has 1 aromatic carbocycles. The summed E-state index contributed by atoms with van der Waals surface area (Å²) in [4.78, 5) is 21.2. The zero-order valence-electron chi connectivity index (χ0n) is 14.9. The predicted molar refractivity (Wildman–Crippen MR) is 105 cm³/mol. The highest BCUT2D eigenvalue weighted by Gasteiger charge is 2.26. The smallest absolute Gasteiger partial charge is 0.266 e. The van der Waals surface area contributed by atoms with Crippen LogP contribution in [0.3, 0.4) is 0 Å². The molecule has 4 rings (SSSR count). The molecule has 3 heterocycles. The zero-order chi connectivity index (χ0) is 17.7. The number of nitrogen functional groups attached to an aromatic ring is 1. The lowest BCUT2D eigenvalue weighted by atomic mass is 10.00. The van der Waals surface area contributed by atoms with E-state index < -0.39 is 0 Å². The lowest BCUT2D eigenvalue weighted by molar-refractivity contribution is 0.0689. The molecule has 1 aliphatic heterocycles. The first-order valence-electron chi connectivity index (χ1n) is 8.83. The molecule has 2 N–H and O–H groups in total. The van der Waals surface area contributed by atoms with E-state index in [1.807, 2.05) is 4.90 Å². The highest BCUT2D eigenvalue weighted by Crippen LogP contribution is 2.36. The number of aromatic nitrogens is 1. The number of nitrogens with zero attached hydrogens (tertiary/aromatic N) is 2. The van der Waals surface area contributed by atoms with Crippen molar-refractivity contribution in [2.75, 3.05) is 18.8 Å². The molecule has 0 bridgehead atoms. The third kappa shape index (κ3) is 2.76. The maximum absolute atomic E-state index is 13.0. The van der Waals surface area contributed by atoms with E-state index in [1.165, 1.54) is 23.3 Å². The Labute approximate surface area is 151 Å². The molecule has 0 unspecified atom stereocenters. The molecule has 3 aromatic rings. The summed E-state index contributed by atoms with van der Waals surface area (Å²) in [7, 11) is 0. The number of nitrogens with two attached hydrogens (primary N) is 1. The summed E-state index contributed by atoms with van der Waals surface area (Å²) < 4.78 is 0. The second kappa shape index (κ2) is 5.99. The molecule has 1 saturated heterocycles. The fourth-order valence-electron chi connectivity index (χ4n) is 3.86. The number of benzene rings is 1. The van der Waals surface area contributed by atoms with Gasteiger partial charge in [0.15, 0.2) is 0 Å². The summed E-state index contributed by atoms with van der Waals surface area (Å²) in [6.07, 6.45) is 2.26. The molecule has 130 valence electrons. The molecule has 4 nitrogen and oxygen atoms in total. The summed E-state index contributed by atoms with van der Waals surface area (Å²) in [6.45, 7) is 8.00. The van der Waals surface area contributed by atoms with Crippen LogP contribution in [0.25, 0.3) is 21.1 Å².